The Balaban J connectivity index is 1.89. The number of sulfonamides is 1. The van der Waals surface area contributed by atoms with Crippen LogP contribution in [0.15, 0.2) is 57.9 Å². The average Bonchev–Trinajstić information content (AvgIpc) is 3.05. The Morgan fingerprint density at radius 3 is 2.46 bits per heavy atom. The summed E-state index contributed by atoms with van der Waals surface area (Å²) in [6.45, 7) is 5.99. The molecule has 7 heteroatoms. The van der Waals surface area contributed by atoms with Gasteiger partial charge in [-0.1, -0.05) is 42.4 Å². The van der Waals surface area contributed by atoms with Crippen molar-refractivity contribution < 1.29 is 17.7 Å². The Kier molecular flexibility index (Phi) is 5.86. The molecule has 0 saturated heterocycles. The van der Waals surface area contributed by atoms with Crippen LogP contribution in [0.5, 0.6) is 5.75 Å². The van der Waals surface area contributed by atoms with Crippen LogP contribution in [0.4, 0.5) is 0 Å². The fraction of sp³-hybridized carbons (Fsp3) is 0.286. The maximum absolute atomic E-state index is 13.0. The number of aromatic nitrogens is 1. The fourth-order valence-electron chi connectivity index (χ4n) is 2.92. The topological polar surface area (TPSA) is 81.4 Å². The summed E-state index contributed by atoms with van der Waals surface area (Å²) in [5, 5.41) is 3.95. The van der Waals surface area contributed by atoms with Gasteiger partial charge in [0.1, 0.15) is 10.6 Å². The summed E-state index contributed by atoms with van der Waals surface area (Å²) in [5.74, 6) is 0.857. The molecule has 0 amide bonds. The number of aryl methyl sites for hydroxylation is 1. The molecule has 0 aliphatic rings. The van der Waals surface area contributed by atoms with Gasteiger partial charge in [0, 0.05) is 17.7 Å². The highest BCUT2D eigenvalue weighted by Crippen LogP contribution is 2.32. The van der Waals surface area contributed by atoms with Gasteiger partial charge in [0.2, 0.25) is 10.0 Å². The van der Waals surface area contributed by atoms with Crippen molar-refractivity contribution in [1.82, 2.24) is 9.88 Å². The van der Waals surface area contributed by atoms with Gasteiger partial charge in [0.25, 0.3) is 0 Å². The maximum Gasteiger partial charge on any atom is 0.244 e. The number of ether oxygens (including phenoxy) is 1. The van der Waals surface area contributed by atoms with Crippen molar-refractivity contribution in [2.45, 2.75) is 31.6 Å². The van der Waals surface area contributed by atoms with Crippen LogP contribution in [0, 0.1) is 13.8 Å². The van der Waals surface area contributed by atoms with Gasteiger partial charge < -0.3 is 9.26 Å². The monoisotopic (exact) mass is 400 g/mol. The van der Waals surface area contributed by atoms with Gasteiger partial charge >= 0.3 is 0 Å². The van der Waals surface area contributed by atoms with Crippen LogP contribution in [0.3, 0.4) is 0 Å². The van der Waals surface area contributed by atoms with Gasteiger partial charge in [-0.3, -0.25) is 0 Å². The van der Waals surface area contributed by atoms with Gasteiger partial charge in [-0.15, -0.1) is 0 Å². The lowest BCUT2D eigenvalue weighted by Crippen LogP contribution is -2.28. The van der Waals surface area contributed by atoms with E-state index in [4.69, 9.17) is 9.26 Å². The molecule has 6 nitrogen and oxygen atoms in total. The average molecular weight is 401 g/mol. The normalized spacial score (nSPS) is 12.7. The van der Waals surface area contributed by atoms with Crippen LogP contribution < -0.4 is 9.46 Å². The van der Waals surface area contributed by atoms with E-state index in [0.29, 0.717) is 11.3 Å². The van der Waals surface area contributed by atoms with E-state index in [1.54, 1.807) is 18.2 Å². The zero-order valence-corrected chi connectivity index (χ0v) is 17.2. The fourth-order valence-corrected chi connectivity index (χ4v) is 4.25. The van der Waals surface area contributed by atoms with E-state index in [1.807, 2.05) is 51.1 Å². The number of nitrogens with one attached hydrogen (secondary N) is 1. The lowest BCUT2D eigenvalue weighted by Gasteiger charge is -2.15. The Bertz CT molecular complexity index is 1060. The third-order valence-electron chi connectivity index (χ3n) is 4.82. The van der Waals surface area contributed by atoms with Crippen molar-refractivity contribution in [2.75, 3.05) is 13.7 Å². The molecule has 0 radical (unpaired) electrons. The molecule has 1 atom stereocenters. The second-order valence-electron chi connectivity index (χ2n) is 6.75. The molecule has 0 aliphatic carbocycles. The molecule has 28 heavy (non-hydrogen) atoms. The zero-order valence-electron chi connectivity index (χ0n) is 16.4. The van der Waals surface area contributed by atoms with Gasteiger partial charge in [-0.25, -0.2) is 13.1 Å². The first kappa shape index (κ1) is 20.1. The summed E-state index contributed by atoms with van der Waals surface area (Å²) < 4.78 is 39.3. The van der Waals surface area contributed by atoms with Crippen molar-refractivity contribution >= 4 is 10.0 Å². The van der Waals surface area contributed by atoms with Crippen LogP contribution in [-0.2, 0) is 10.0 Å². The summed E-state index contributed by atoms with van der Waals surface area (Å²) >= 11 is 0. The number of nitrogens with zero attached hydrogens (tertiary/aromatic N) is 1. The molecule has 1 aromatic heterocycles. The lowest BCUT2D eigenvalue weighted by molar-refractivity contribution is 0.402. The number of methoxy groups -OCH3 is 1. The molecule has 0 saturated carbocycles. The molecular formula is C21H24N2O4S. The second-order valence-corrected chi connectivity index (χ2v) is 8.49. The first-order chi connectivity index (χ1) is 13.3. The van der Waals surface area contributed by atoms with Crippen molar-refractivity contribution in [3.8, 4) is 17.1 Å². The quantitative estimate of drug-likeness (QED) is 0.647. The van der Waals surface area contributed by atoms with Crippen LogP contribution >= 0.6 is 0 Å². The first-order valence-corrected chi connectivity index (χ1v) is 10.5. The summed E-state index contributed by atoms with van der Waals surface area (Å²) in [5.41, 5.74) is 3.35. The minimum Gasteiger partial charge on any atom is -0.495 e. The number of benzene rings is 2. The zero-order chi connectivity index (χ0) is 20.3. The minimum atomic E-state index is -3.78. The molecule has 1 N–H and O–H groups in total. The van der Waals surface area contributed by atoms with E-state index in [-0.39, 0.29) is 23.1 Å². The van der Waals surface area contributed by atoms with Crippen molar-refractivity contribution in [1.29, 1.82) is 0 Å². The third-order valence-corrected chi connectivity index (χ3v) is 6.27. The third kappa shape index (κ3) is 4.10. The molecule has 0 bridgehead atoms. The highest BCUT2D eigenvalue weighted by molar-refractivity contribution is 7.89. The smallest absolute Gasteiger partial charge is 0.244 e. The molecular weight excluding hydrogens is 376 g/mol. The van der Waals surface area contributed by atoms with E-state index in [0.717, 1.165) is 16.8 Å². The van der Waals surface area contributed by atoms with Crippen molar-refractivity contribution in [3.63, 3.8) is 0 Å². The molecule has 3 aromatic rings. The molecule has 0 fully saturated rings. The Morgan fingerprint density at radius 1 is 1.14 bits per heavy atom. The second kappa shape index (κ2) is 8.16. The molecule has 2 aromatic carbocycles. The standard InChI is InChI=1S/C21H24N2O4S/c1-14(17-8-6-5-7-9-17)13-22-28(24,25)20-12-18(10-11-19(20)26-4)21-15(2)16(3)23-27-21/h5-12,14,22H,13H2,1-4H3/t14-/m0/s1. The molecule has 1 heterocycles. The number of rotatable bonds is 7. The largest absolute Gasteiger partial charge is 0.495 e. The predicted octanol–water partition coefficient (Wildman–Crippen LogP) is 4.05. The maximum atomic E-state index is 13.0. The van der Waals surface area contributed by atoms with Gasteiger partial charge in [0.15, 0.2) is 5.76 Å². The lowest BCUT2D eigenvalue weighted by atomic mass is 10.0. The molecule has 0 unspecified atom stereocenters. The van der Waals surface area contributed by atoms with Crippen molar-refractivity contribution in [3.05, 3.63) is 65.4 Å². The number of hydrogen-bond donors (Lipinski definition) is 1. The highest BCUT2D eigenvalue weighted by Gasteiger charge is 2.23. The Morgan fingerprint density at radius 2 is 1.86 bits per heavy atom. The SMILES string of the molecule is COc1ccc(-c2onc(C)c2C)cc1S(=O)(=O)NC[C@H](C)c1ccccc1. The van der Waals surface area contributed by atoms with Crippen LogP contribution in [0.1, 0.15) is 29.7 Å². The minimum absolute atomic E-state index is 0.0318. The summed E-state index contributed by atoms with van der Waals surface area (Å²) in [7, 11) is -2.33. The summed E-state index contributed by atoms with van der Waals surface area (Å²) in [6, 6.07) is 14.7. The van der Waals surface area contributed by atoms with Crippen molar-refractivity contribution in [2.24, 2.45) is 0 Å². The van der Waals surface area contributed by atoms with Crippen LogP contribution in [0.25, 0.3) is 11.3 Å². The van der Waals surface area contributed by atoms with Gasteiger partial charge in [-0.2, -0.15) is 0 Å². The van der Waals surface area contributed by atoms with E-state index in [1.165, 1.54) is 7.11 Å². The van der Waals surface area contributed by atoms with E-state index in [9.17, 15) is 8.42 Å². The Labute approximate surface area is 165 Å². The van der Waals surface area contributed by atoms with Gasteiger partial charge in [0.05, 0.1) is 12.8 Å². The highest BCUT2D eigenvalue weighted by atomic mass is 32.2. The number of hydrogen-bond acceptors (Lipinski definition) is 5. The summed E-state index contributed by atoms with van der Waals surface area (Å²) in [6.07, 6.45) is 0. The van der Waals surface area contributed by atoms with Crippen LogP contribution in [-0.4, -0.2) is 27.2 Å². The first-order valence-electron chi connectivity index (χ1n) is 8.99. The van der Waals surface area contributed by atoms with E-state index >= 15 is 0 Å². The molecule has 0 spiro atoms. The Hall–Kier alpha value is -2.64. The molecule has 3 rings (SSSR count). The van der Waals surface area contributed by atoms with Gasteiger partial charge in [-0.05, 0) is 43.5 Å². The van der Waals surface area contributed by atoms with Crippen LogP contribution in [0.2, 0.25) is 0 Å². The summed E-state index contributed by atoms with van der Waals surface area (Å²) in [4.78, 5) is 0.0706. The predicted molar refractivity (Wildman–Crippen MR) is 108 cm³/mol. The van der Waals surface area contributed by atoms with E-state index in [2.05, 4.69) is 9.88 Å². The van der Waals surface area contributed by atoms with E-state index < -0.39 is 10.0 Å². The molecule has 148 valence electrons. The molecule has 0 aliphatic heterocycles.